The Morgan fingerprint density at radius 1 is 1.25 bits per heavy atom. The molecule has 1 saturated heterocycles. The van der Waals surface area contributed by atoms with E-state index >= 15 is 0 Å². The van der Waals surface area contributed by atoms with Gasteiger partial charge >= 0.3 is 0 Å². The second-order valence-electron chi connectivity index (χ2n) is 6.87. The third-order valence-electron chi connectivity index (χ3n) is 4.79. The van der Waals surface area contributed by atoms with Crippen LogP contribution in [0.25, 0.3) is 0 Å². The Hall–Kier alpha value is -1.63. The van der Waals surface area contributed by atoms with Gasteiger partial charge in [0.25, 0.3) is 0 Å². The van der Waals surface area contributed by atoms with Gasteiger partial charge in [-0.25, -0.2) is 0 Å². The summed E-state index contributed by atoms with van der Waals surface area (Å²) in [6, 6.07) is 2.37. The summed E-state index contributed by atoms with van der Waals surface area (Å²) in [6.07, 6.45) is 7.37. The van der Waals surface area contributed by atoms with Crippen molar-refractivity contribution >= 4 is 29.1 Å². The molecule has 0 amide bonds. The van der Waals surface area contributed by atoms with Crippen molar-refractivity contribution in [1.82, 2.24) is 15.3 Å². The van der Waals surface area contributed by atoms with Crippen LogP contribution in [0.1, 0.15) is 45.4 Å². The number of nitrogens with one attached hydrogen (secondary N) is 2. The molecule has 1 aromatic rings. The van der Waals surface area contributed by atoms with Gasteiger partial charge in [-0.1, -0.05) is 19.8 Å². The monoisotopic (exact) mass is 349 g/mol. The Bertz CT molecular complexity index is 576. The molecule has 2 aliphatic rings. The van der Waals surface area contributed by atoms with E-state index in [1.54, 1.807) is 7.11 Å². The average molecular weight is 350 g/mol. The van der Waals surface area contributed by atoms with Crippen LogP contribution in [-0.4, -0.2) is 41.3 Å². The minimum atomic E-state index is 0.470. The fraction of sp³-hybridized carbons (Fsp3) is 0.706. The molecule has 1 aliphatic heterocycles. The van der Waals surface area contributed by atoms with E-state index in [0.717, 1.165) is 18.9 Å². The van der Waals surface area contributed by atoms with Crippen LogP contribution in [0.4, 0.5) is 11.8 Å². The minimum absolute atomic E-state index is 0.470. The van der Waals surface area contributed by atoms with Crippen LogP contribution in [-0.2, 0) is 0 Å². The molecule has 1 atom stereocenters. The highest BCUT2D eigenvalue weighted by Gasteiger charge is 2.20. The maximum absolute atomic E-state index is 5.41. The molecule has 132 valence electrons. The van der Waals surface area contributed by atoms with Gasteiger partial charge < -0.3 is 20.3 Å². The van der Waals surface area contributed by atoms with Crippen LogP contribution < -0.4 is 20.3 Å². The smallest absolute Gasteiger partial charge is 0.234 e. The molecule has 2 heterocycles. The molecule has 24 heavy (non-hydrogen) atoms. The molecule has 0 spiro atoms. The molecule has 1 aliphatic carbocycles. The summed E-state index contributed by atoms with van der Waals surface area (Å²) in [4.78, 5) is 11.3. The van der Waals surface area contributed by atoms with Crippen molar-refractivity contribution in [1.29, 1.82) is 0 Å². The van der Waals surface area contributed by atoms with Gasteiger partial charge in [0.1, 0.15) is 5.82 Å². The molecule has 2 fully saturated rings. The van der Waals surface area contributed by atoms with Crippen LogP contribution >= 0.6 is 12.2 Å². The van der Waals surface area contributed by atoms with Crippen molar-refractivity contribution in [2.75, 3.05) is 30.4 Å². The van der Waals surface area contributed by atoms with E-state index in [-0.39, 0.29) is 0 Å². The zero-order chi connectivity index (χ0) is 16.9. The van der Waals surface area contributed by atoms with Crippen molar-refractivity contribution < 1.29 is 4.74 Å². The van der Waals surface area contributed by atoms with E-state index in [4.69, 9.17) is 17.0 Å². The van der Waals surface area contributed by atoms with E-state index in [1.807, 2.05) is 6.07 Å². The summed E-state index contributed by atoms with van der Waals surface area (Å²) in [7, 11) is 1.63. The van der Waals surface area contributed by atoms with Gasteiger partial charge in [0.15, 0.2) is 5.11 Å². The lowest BCUT2D eigenvalue weighted by Crippen LogP contribution is -2.37. The van der Waals surface area contributed by atoms with Gasteiger partial charge in [-0.05, 0) is 43.8 Å². The number of ether oxygens (including phenoxy) is 1. The van der Waals surface area contributed by atoms with Crippen LogP contribution in [0.2, 0.25) is 0 Å². The molecule has 7 heteroatoms. The summed E-state index contributed by atoms with van der Waals surface area (Å²) in [5.41, 5.74) is 0. The van der Waals surface area contributed by atoms with Crippen LogP contribution in [0.15, 0.2) is 6.07 Å². The van der Waals surface area contributed by atoms with Crippen LogP contribution in [0.5, 0.6) is 5.88 Å². The first-order valence-corrected chi connectivity index (χ1v) is 9.30. The number of hydrogen-bond donors (Lipinski definition) is 2. The fourth-order valence-electron chi connectivity index (χ4n) is 3.53. The normalized spacial score (nSPS) is 21.6. The lowest BCUT2D eigenvalue weighted by Gasteiger charge is -2.32. The molecule has 0 radical (unpaired) electrons. The zero-order valence-corrected chi connectivity index (χ0v) is 15.4. The second-order valence-corrected chi connectivity index (χ2v) is 7.27. The number of piperidine rings is 1. The number of rotatable bonds is 4. The Labute approximate surface area is 149 Å². The predicted octanol–water partition coefficient (Wildman–Crippen LogP) is 2.95. The van der Waals surface area contributed by atoms with Crippen LogP contribution in [0, 0.1) is 5.92 Å². The van der Waals surface area contributed by atoms with Gasteiger partial charge in [0, 0.05) is 25.2 Å². The number of nitrogens with zero attached hydrogens (tertiary/aromatic N) is 3. The Kier molecular flexibility index (Phi) is 5.71. The molecule has 6 nitrogen and oxygen atoms in total. The van der Waals surface area contributed by atoms with Gasteiger partial charge in [0.05, 0.1) is 7.11 Å². The zero-order valence-electron chi connectivity index (χ0n) is 14.5. The highest BCUT2D eigenvalue weighted by atomic mass is 32.1. The first-order chi connectivity index (χ1) is 11.6. The number of hydrogen-bond acceptors (Lipinski definition) is 5. The number of thiocarbonyl (C=S) groups is 1. The third kappa shape index (κ3) is 4.47. The second kappa shape index (κ2) is 7.96. The van der Waals surface area contributed by atoms with E-state index in [9.17, 15) is 0 Å². The predicted molar refractivity (Wildman–Crippen MR) is 101 cm³/mol. The summed E-state index contributed by atoms with van der Waals surface area (Å²) in [6.45, 7) is 4.32. The van der Waals surface area contributed by atoms with Gasteiger partial charge in [-0.15, -0.1) is 0 Å². The minimum Gasteiger partial charge on any atom is -0.481 e. The summed E-state index contributed by atoms with van der Waals surface area (Å²) in [5, 5.41) is 7.07. The Balaban J connectivity index is 1.69. The standard InChI is InChI=1S/C17H27N5OS/c1-12-6-5-9-22(11-12)14-10-15(23-2)20-16(19-14)21-17(24)18-13-7-3-4-8-13/h10,12-13H,3-9,11H2,1-2H3,(H2,18,19,20,21,24)/t12-/m1/s1. The van der Waals surface area contributed by atoms with Crippen molar-refractivity contribution in [2.45, 2.75) is 51.5 Å². The van der Waals surface area contributed by atoms with Gasteiger partial charge in [-0.2, -0.15) is 9.97 Å². The largest absolute Gasteiger partial charge is 0.481 e. The maximum atomic E-state index is 5.41. The van der Waals surface area contributed by atoms with Gasteiger partial charge in [-0.3, -0.25) is 0 Å². The average Bonchev–Trinajstić information content (AvgIpc) is 3.07. The third-order valence-corrected chi connectivity index (χ3v) is 5.01. The Morgan fingerprint density at radius 3 is 2.75 bits per heavy atom. The van der Waals surface area contributed by atoms with E-state index in [1.165, 1.54) is 38.5 Å². The summed E-state index contributed by atoms with van der Waals surface area (Å²) >= 11 is 5.41. The molecule has 0 bridgehead atoms. The summed E-state index contributed by atoms with van der Waals surface area (Å²) in [5.74, 6) is 2.64. The van der Waals surface area contributed by atoms with E-state index in [0.29, 0.717) is 28.9 Å². The lowest BCUT2D eigenvalue weighted by molar-refractivity contribution is 0.396. The number of aromatic nitrogens is 2. The van der Waals surface area contributed by atoms with Crippen molar-refractivity contribution in [3.05, 3.63) is 6.07 Å². The molecular weight excluding hydrogens is 322 g/mol. The molecule has 2 N–H and O–H groups in total. The van der Waals surface area contributed by atoms with Crippen LogP contribution in [0.3, 0.4) is 0 Å². The number of methoxy groups -OCH3 is 1. The highest BCUT2D eigenvalue weighted by Crippen LogP contribution is 2.25. The van der Waals surface area contributed by atoms with Crippen molar-refractivity contribution in [2.24, 2.45) is 5.92 Å². The fourth-order valence-corrected chi connectivity index (χ4v) is 3.78. The van der Waals surface area contributed by atoms with E-state index < -0.39 is 0 Å². The molecule has 0 aromatic carbocycles. The molecule has 0 unspecified atom stereocenters. The molecule has 1 saturated carbocycles. The van der Waals surface area contributed by atoms with Gasteiger partial charge in [0.2, 0.25) is 11.8 Å². The topological polar surface area (TPSA) is 62.3 Å². The lowest BCUT2D eigenvalue weighted by atomic mass is 10.0. The molecular formula is C17H27N5OS. The first kappa shape index (κ1) is 17.2. The summed E-state index contributed by atoms with van der Waals surface area (Å²) < 4.78 is 5.35. The molecule has 3 rings (SSSR count). The highest BCUT2D eigenvalue weighted by molar-refractivity contribution is 7.80. The van der Waals surface area contributed by atoms with Crippen molar-refractivity contribution in [3.63, 3.8) is 0 Å². The Morgan fingerprint density at radius 2 is 2.04 bits per heavy atom. The SMILES string of the molecule is COc1cc(N2CCC[C@@H](C)C2)nc(NC(=S)NC2CCCC2)n1. The molecule has 1 aromatic heterocycles. The number of anilines is 2. The first-order valence-electron chi connectivity index (χ1n) is 8.89. The van der Waals surface area contributed by atoms with Crippen molar-refractivity contribution in [3.8, 4) is 5.88 Å². The maximum Gasteiger partial charge on any atom is 0.234 e. The van der Waals surface area contributed by atoms with E-state index in [2.05, 4.69) is 32.4 Å². The quantitative estimate of drug-likeness (QED) is 0.810.